The quantitative estimate of drug-likeness (QED) is 0.606. The van der Waals surface area contributed by atoms with Gasteiger partial charge in [0.15, 0.2) is 0 Å². The Bertz CT molecular complexity index is 470. The third kappa shape index (κ3) is 3.41. The molecule has 1 aliphatic rings. The van der Waals surface area contributed by atoms with Gasteiger partial charge in [-0.2, -0.15) is 0 Å². The second-order valence-corrected chi connectivity index (χ2v) is 5.22. The zero-order chi connectivity index (χ0) is 13.8. The predicted octanol–water partition coefficient (Wildman–Crippen LogP) is 2.56. The van der Waals surface area contributed by atoms with Crippen LogP contribution in [0, 0.1) is 5.92 Å². The summed E-state index contributed by atoms with van der Waals surface area (Å²) < 4.78 is 0. The minimum atomic E-state index is -0.396. The third-order valence-corrected chi connectivity index (χ3v) is 3.64. The zero-order valence-corrected chi connectivity index (χ0v) is 11.7. The van der Waals surface area contributed by atoms with E-state index in [1.807, 2.05) is 18.2 Å². The lowest BCUT2D eigenvalue weighted by atomic mass is 9.93. The van der Waals surface area contributed by atoms with Crippen molar-refractivity contribution < 1.29 is 9.63 Å². The Morgan fingerprint density at radius 3 is 2.68 bits per heavy atom. The first-order chi connectivity index (χ1) is 9.08. The summed E-state index contributed by atoms with van der Waals surface area (Å²) in [6.07, 6.45) is 0.847. The fourth-order valence-corrected chi connectivity index (χ4v) is 2.23. The monoisotopic (exact) mass is 260 g/mol. The van der Waals surface area contributed by atoms with Crippen LogP contribution in [0.3, 0.4) is 0 Å². The number of oxime groups is 1. The summed E-state index contributed by atoms with van der Waals surface area (Å²) in [5.74, 6) is -0.0725. The van der Waals surface area contributed by atoms with Crippen molar-refractivity contribution in [1.82, 2.24) is 4.90 Å². The molecule has 1 saturated heterocycles. The van der Waals surface area contributed by atoms with Crippen molar-refractivity contribution in [3.63, 3.8) is 0 Å². The molecule has 4 heteroatoms. The van der Waals surface area contributed by atoms with Crippen LogP contribution in [-0.4, -0.2) is 36.2 Å². The van der Waals surface area contributed by atoms with E-state index < -0.39 is 5.97 Å². The first-order valence-corrected chi connectivity index (χ1v) is 6.61. The Labute approximate surface area is 114 Å². The van der Waals surface area contributed by atoms with E-state index in [0.717, 1.165) is 18.7 Å². The van der Waals surface area contributed by atoms with Crippen molar-refractivity contribution in [3.05, 3.63) is 35.9 Å². The Balaban J connectivity index is 2.00. The molecule has 0 N–H and O–H groups in total. The molecule has 1 heterocycles. The first-order valence-electron chi connectivity index (χ1n) is 6.61. The summed E-state index contributed by atoms with van der Waals surface area (Å²) in [5, 5.41) is 4.07. The summed E-state index contributed by atoms with van der Waals surface area (Å²) in [7, 11) is 2.11. The molecular formula is C15H20N2O2. The maximum Gasteiger partial charge on any atom is 0.365 e. The molecule has 102 valence electrons. The number of piperidine rings is 1. The molecule has 2 rings (SSSR count). The van der Waals surface area contributed by atoms with Crippen LogP contribution in [0.1, 0.15) is 30.6 Å². The number of hydrogen-bond donors (Lipinski definition) is 0. The maximum atomic E-state index is 11.8. The maximum absolute atomic E-state index is 11.8. The van der Waals surface area contributed by atoms with Gasteiger partial charge in [0, 0.05) is 24.9 Å². The lowest BCUT2D eigenvalue weighted by molar-refractivity contribution is 0.0508. The van der Waals surface area contributed by atoms with Crippen LogP contribution in [-0.2, 0) is 4.84 Å². The number of carbonyl (C=O) groups excluding carboxylic acids is 1. The average Bonchev–Trinajstić information content (AvgIpc) is 2.42. The molecule has 0 radical (unpaired) electrons. The smallest absolute Gasteiger partial charge is 0.313 e. The number of carbonyl (C=O) groups is 1. The van der Waals surface area contributed by atoms with Gasteiger partial charge in [0.2, 0.25) is 0 Å². The molecule has 0 amide bonds. The molecule has 0 unspecified atom stereocenters. The van der Waals surface area contributed by atoms with E-state index in [2.05, 4.69) is 31.0 Å². The van der Waals surface area contributed by atoms with Gasteiger partial charge in [-0.3, -0.25) is 0 Å². The fourth-order valence-electron chi connectivity index (χ4n) is 2.23. The number of rotatable bonds is 2. The SMILES string of the molecule is C[C@@H]1C/C(=N\OC(=O)c2ccccc2)[C@@H](C)CN1C. The Morgan fingerprint density at radius 2 is 2.00 bits per heavy atom. The van der Waals surface area contributed by atoms with Crippen LogP contribution in [0.4, 0.5) is 0 Å². The molecule has 2 atom stereocenters. The van der Waals surface area contributed by atoms with Crippen LogP contribution in [0.2, 0.25) is 0 Å². The topological polar surface area (TPSA) is 41.9 Å². The first kappa shape index (κ1) is 13.7. The van der Waals surface area contributed by atoms with Gasteiger partial charge in [-0.25, -0.2) is 4.79 Å². The normalized spacial score (nSPS) is 26.4. The van der Waals surface area contributed by atoms with E-state index >= 15 is 0 Å². The molecule has 0 saturated carbocycles. The molecule has 0 aromatic heterocycles. The largest absolute Gasteiger partial charge is 0.365 e. The highest BCUT2D eigenvalue weighted by Crippen LogP contribution is 2.18. The zero-order valence-electron chi connectivity index (χ0n) is 11.7. The molecule has 1 aliphatic heterocycles. The van der Waals surface area contributed by atoms with Crippen LogP contribution in [0.15, 0.2) is 35.5 Å². The Kier molecular flexibility index (Phi) is 4.32. The average molecular weight is 260 g/mol. The third-order valence-electron chi connectivity index (χ3n) is 3.64. The predicted molar refractivity (Wildman–Crippen MR) is 75.2 cm³/mol. The molecule has 0 aliphatic carbocycles. The Morgan fingerprint density at radius 1 is 1.32 bits per heavy atom. The highest BCUT2D eigenvalue weighted by molar-refractivity contribution is 5.91. The summed E-state index contributed by atoms with van der Waals surface area (Å²) in [6.45, 7) is 5.21. The van der Waals surface area contributed by atoms with Gasteiger partial charge in [0.25, 0.3) is 0 Å². The van der Waals surface area contributed by atoms with Crippen LogP contribution in [0.25, 0.3) is 0 Å². The van der Waals surface area contributed by atoms with E-state index in [4.69, 9.17) is 4.84 Å². The van der Waals surface area contributed by atoms with E-state index in [1.165, 1.54) is 0 Å². The molecule has 1 fully saturated rings. The fraction of sp³-hybridized carbons (Fsp3) is 0.467. The van der Waals surface area contributed by atoms with Crippen LogP contribution < -0.4 is 0 Å². The minimum Gasteiger partial charge on any atom is -0.313 e. The van der Waals surface area contributed by atoms with Crippen molar-refractivity contribution in [2.75, 3.05) is 13.6 Å². The van der Waals surface area contributed by atoms with Crippen molar-refractivity contribution >= 4 is 11.7 Å². The van der Waals surface area contributed by atoms with Crippen LogP contribution >= 0.6 is 0 Å². The molecule has 19 heavy (non-hydrogen) atoms. The standard InChI is InChI=1S/C15H20N2O2/c1-11-10-17(3)12(2)9-14(11)16-19-15(18)13-7-5-4-6-8-13/h4-8,11-12H,9-10H2,1-3H3/b16-14+/t11-,12+/m0/s1. The molecular weight excluding hydrogens is 240 g/mol. The number of benzene rings is 1. The summed E-state index contributed by atoms with van der Waals surface area (Å²) in [4.78, 5) is 19.1. The van der Waals surface area contributed by atoms with Gasteiger partial charge in [0.1, 0.15) is 0 Å². The lowest BCUT2D eigenvalue weighted by Gasteiger charge is -2.34. The molecule has 1 aromatic rings. The highest BCUT2D eigenvalue weighted by atomic mass is 16.7. The second kappa shape index (κ2) is 5.97. The van der Waals surface area contributed by atoms with Gasteiger partial charge < -0.3 is 9.74 Å². The van der Waals surface area contributed by atoms with Crippen LogP contribution in [0.5, 0.6) is 0 Å². The Hall–Kier alpha value is -1.68. The van der Waals surface area contributed by atoms with Crippen molar-refractivity contribution in [1.29, 1.82) is 0 Å². The van der Waals surface area contributed by atoms with Gasteiger partial charge in [-0.05, 0) is 26.1 Å². The number of likely N-dealkylation sites (tertiary alicyclic amines) is 1. The lowest BCUT2D eigenvalue weighted by Crippen LogP contribution is -2.43. The van der Waals surface area contributed by atoms with Gasteiger partial charge in [0.05, 0.1) is 11.3 Å². The van der Waals surface area contributed by atoms with E-state index in [-0.39, 0.29) is 0 Å². The van der Waals surface area contributed by atoms with E-state index in [1.54, 1.807) is 12.1 Å². The molecule has 0 spiro atoms. The van der Waals surface area contributed by atoms with Crippen molar-refractivity contribution in [2.45, 2.75) is 26.3 Å². The van der Waals surface area contributed by atoms with Gasteiger partial charge in [-0.1, -0.05) is 30.3 Å². The minimum absolute atomic E-state index is 0.324. The van der Waals surface area contributed by atoms with Gasteiger partial charge >= 0.3 is 5.97 Å². The second-order valence-electron chi connectivity index (χ2n) is 5.22. The van der Waals surface area contributed by atoms with Gasteiger partial charge in [-0.15, -0.1) is 0 Å². The van der Waals surface area contributed by atoms with E-state index in [0.29, 0.717) is 17.5 Å². The number of nitrogens with zero attached hydrogens (tertiary/aromatic N) is 2. The van der Waals surface area contributed by atoms with Crippen molar-refractivity contribution in [3.8, 4) is 0 Å². The van der Waals surface area contributed by atoms with Crippen molar-refractivity contribution in [2.24, 2.45) is 11.1 Å². The summed E-state index contributed by atoms with van der Waals surface area (Å²) >= 11 is 0. The molecule has 0 bridgehead atoms. The molecule has 1 aromatic carbocycles. The van der Waals surface area contributed by atoms with E-state index in [9.17, 15) is 4.79 Å². The summed E-state index contributed by atoms with van der Waals surface area (Å²) in [5.41, 5.74) is 1.50. The number of hydrogen-bond acceptors (Lipinski definition) is 4. The molecule has 4 nitrogen and oxygen atoms in total. The summed E-state index contributed by atoms with van der Waals surface area (Å²) in [6, 6.07) is 9.37. The highest BCUT2D eigenvalue weighted by Gasteiger charge is 2.26.